The smallest absolute Gasteiger partial charge is 0.444 e. The fourth-order valence-corrected chi connectivity index (χ4v) is 3.52. The molecular weight excluding hydrogens is 476 g/mol. The summed E-state index contributed by atoms with van der Waals surface area (Å²) in [5.41, 5.74) is 5.96. The van der Waals surface area contributed by atoms with Crippen molar-refractivity contribution in [1.82, 2.24) is 14.9 Å². The highest BCUT2D eigenvalue weighted by Gasteiger charge is 2.23. The predicted molar refractivity (Wildman–Crippen MR) is 140 cm³/mol. The molecule has 3 rings (SSSR count). The van der Waals surface area contributed by atoms with Crippen LogP contribution in [0.3, 0.4) is 0 Å². The molecule has 0 saturated heterocycles. The van der Waals surface area contributed by atoms with Gasteiger partial charge in [-0.1, -0.05) is 12.1 Å². The third kappa shape index (κ3) is 8.23. The molecule has 0 bridgehead atoms. The van der Waals surface area contributed by atoms with Gasteiger partial charge >= 0.3 is 12.2 Å². The van der Waals surface area contributed by atoms with Crippen LogP contribution in [0.1, 0.15) is 52.7 Å². The number of anilines is 1. The lowest BCUT2D eigenvalue weighted by Gasteiger charge is -2.27. The van der Waals surface area contributed by atoms with Crippen molar-refractivity contribution in [2.24, 2.45) is 0 Å². The van der Waals surface area contributed by atoms with Gasteiger partial charge in [-0.3, -0.25) is 4.79 Å². The number of hydrogen-bond donors (Lipinski definition) is 2. The maximum atomic E-state index is 13.0. The molecule has 10 nitrogen and oxygen atoms in total. The second-order valence-electron chi connectivity index (χ2n) is 10.6. The summed E-state index contributed by atoms with van der Waals surface area (Å²) in [6.45, 7) is 11.2. The maximum absolute atomic E-state index is 13.0. The number of carbonyl (C=O) groups excluding carboxylic acids is 2. The number of amides is 1. The number of ether oxygens (including phenoxy) is 3. The number of hydrogen-bond acceptors (Lipinski definition) is 8. The van der Waals surface area contributed by atoms with Crippen LogP contribution in [0.15, 0.2) is 47.4 Å². The molecule has 3 aromatic rings. The first-order valence-corrected chi connectivity index (χ1v) is 11.9. The number of benzene rings is 1. The summed E-state index contributed by atoms with van der Waals surface area (Å²) in [6.07, 6.45) is 0.721. The molecule has 10 heteroatoms. The van der Waals surface area contributed by atoms with Gasteiger partial charge in [0.05, 0.1) is 12.1 Å². The molecule has 2 aromatic heterocycles. The molecule has 0 aliphatic heterocycles. The van der Waals surface area contributed by atoms with Gasteiger partial charge < -0.3 is 29.8 Å². The second kappa shape index (κ2) is 10.9. The van der Waals surface area contributed by atoms with Crippen LogP contribution in [0, 0.1) is 0 Å². The van der Waals surface area contributed by atoms with E-state index >= 15 is 0 Å². The van der Waals surface area contributed by atoms with Crippen molar-refractivity contribution >= 4 is 29.0 Å². The predicted octanol–water partition coefficient (Wildman–Crippen LogP) is 4.80. The van der Waals surface area contributed by atoms with Crippen LogP contribution in [0.5, 0.6) is 5.75 Å². The average Bonchev–Trinajstić information content (AvgIpc) is 2.76. The van der Waals surface area contributed by atoms with Crippen molar-refractivity contribution in [3.63, 3.8) is 0 Å². The number of nitrogens with one attached hydrogen (secondary N) is 1. The van der Waals surface area contributed by atoms with Crippen LogP contribution in [-0.2, 0) is 22.4 Å². The number of nitrogens with zero attached hydrogens (tertiary/aromatic N) is 2. The van der Waals surface area contributed by atoms with E-state index in [1.807, 2.05) is 6.07 Å². The third-order valence-corrected chi connectivity index (χ3v) is 5.05. The standard InChI is InChI=1S/C27H34N4O6/c1-26(2,3)36-24(33)31(16-17-7-11-21(28)29-15-17)14-13-18-8-10-20(35-25(34)37-27(4,5)6)23-19(18)9-12-22(32)30-23/h7-12,15H,13-14,16H2,1-6H3,(H2,28,29)(H,30,32). The third-order valence-electron chi connectivity index (χ3n) is 5.05. The molecular formula is C27H34N4O6. The number of pyridine rings is 2. The Kier molecular flexibility index (Phi) is 8.10. The summed E-state index contributed by atoms with van der Waals surface area (Å²) in [7, 11) is 0. The fraction of sp³-hybridized carbons (Fsp3) is 0.407. The van der Waals surface area contributed by atoms with Gasteiger partial charge in [-0.2, -0.15) is 0 Å². The quantitative estimate of drug-likeness (QED) is 0.356. The monoisotopic (exact) mass is 510 g/mol. The van der Waals surface area contributed by atoms with Crippen molar-refractivity contribution in [3.05, 3.63) is 64.1 Å². The minimum Gasteiger partial charge on any atom is -0.444 e. The summed E-state index contributed by atoms with van der Waals surface area (Å²) in [5, 5.41) is 0.680. The van der Waals surface area contributed by atoms with Crippen LogP contribution < -0.4 is 16.0 Å². The molecule has 0 fully saturated rings. The minimum absolute atomic E-state index is 0.169. The van der Waals surface area contributed by atoms with Gasteiger partial charge in [0, 0.05) is 24.2 Å². The number of carbonyl (C=O) groups is 2. The zero-order valence-corrected chi connectivity index (χ0v) is 22.1. The molecule has 0 saturated carbocycles. The molecule has 0 spiro atoms. The Hall–Kier alpha value is -4.08. The van der Waals surface area contributed by atoms with E-state index in [1.165, 1.54) is 6.07 Å². The maximum Gasteiger partial charge on any atom is 0.514 e. The lowest BCUT2D eigenvalue weighted by Crippen LogP contribution is -2.37. The molecule has 37 heavy (non-hydrogen) atoms. The molecule has 1 amide bonds. The van der Waals surface area contributed by atoms with E-state index in [-0.39, 0.29) is 17.9 Å². The lowest BCUT2D eigenvalue weighted by atomic mass is 10.0. The van der Waals surface area contributed by atoms with Gasteiger partial charge in [-0.15, -0.1) is 0 Å². The molecule has 1 aromatic carbocycles. The Bertz CT molecular complexity index is 1320. The number of aromatic nitrogens is 2. The van der Waals surface area contributed by atoms with E-state index in [0.29, 0.717) is 29.7 Å². The van der Waals surface area contributed by atoms with E-state index in [4.69, 9.17) is 19.9 Å². The summed E-state index contributed by atoms with van der Waals surface area (Å²) in [5.74, 6) is 0.560. The SMILES string of the molecule is CC(C)(C)OC(=O)Oc1ccc(CCN(Cc2ccc(N)nc2)C(=O)OC(C)(C)C)c2ccc(=O)[nH]c12. The fourth-order valence-electron chi connectivity index (χ4n) is 3.52. The van der Waals surface area contributed by atoms with Crippen LogP contribution in [0.4, 0.5) is 15.4 Å². The molecule has 0 aliphatic carbocycles. The molecule has 0 aliphatic rings. The van der Waals surface area contributed by atoms with Crippen LogP contribution in [-0.4, -0.2) is 44.9 Å². The first-order valence-electron chi connectivity index (χ1n) is 11.9. The van der Waals surface area contributed by atoms with Crippen molar-refractivity contribution in [2.75, 3.05) is 12.3 Å². The van der Waals surface area contributed by atoms with Gasteiger partial charge in [0.2, 0.25) is 5.56 Å². The Balaban J connectivity index is 1.87. The first-order chi connectivity index (χ1) is 17.2. The lowest BCUT2D eigenvalue weighted by molar-refractivity contribution is 0.0203. The number of rotatable bonds is 6. The molecule has 2 heterocycles. The summed E-state index contributed by atoms with van der Waals surface area (Å²) in [4.78, 5) is 45.7. The van der Waals surface area contributed by atoms with Gasteiger partial charge in [-0.05, 0) is 77.3 Å². The number of H-pyrrole nitrogens is 1. The van der Waals surface area contributed by atoms with Gasteiger partial charge in [0.15, 0.2) is 5.75 Å². The topological polar surface area (TPSA) is 137 Å². The number of nitrogen functional groups attached to an aromatic ring is 1. The van der Waals surface area contributed by atoms with Crippen molar-refractivity contribution < 1.29 is 23.8 Å². The second-order valence-corrected chi connectivity index (χ2v) is 10.6. The van der Waals surface area contributed by atoms with Crippen LogP contribution in [0.25, 0.3) is 10.9 Å². The average molecular weight is 511 g/mol. The Morgan fingerprint density at radius 2 is 1.68 bits per heavy atom. The van der Waals surface area contributed by atoms with Crippen molar-refractivity contribution in [1.29, 1.82) is 0 Å². The first kappa shape index (κ1) is 27.5. The Morgan fingerprint density at radius 1 is 0.973 bits per heavy atom. The number of fused-ring (bicyclic) bond motifs is 1. The van der Waals surface area contributed by atoms with Crippen LogP contribution in [0.2, 0.25) is 0 Å². The zero-order chi connectivity index (χ0) is 27.4. The molecule has 0 atom stereocenters. The summed E-state index contributed by atoms with van der Waals surface area (Å²) < 4.78 is 16.2. The van der Waals surface area contributed by atoms with Crippen molar-refractivity contribution in [3.8, 4) is 5.75 Å². The van der Waals surface area contributed by atoms with E-state index in [1.54, 1.807) is 76.9 Å². The van der Waals surface area contributed by atoms with E-state index in [2.05, 4.69) is 9.97 Å². The molecule has 3 N–H and O–H groups in total. The minimum atomic E-state index is -0.875. The normalized spacial score (nSPS) is 11.7. The number of aromatic amines is 1. The van der Waals surface area contributed by atoms with Gasteiger partial charge in [0.1, 0.15) is 17.0 Å². The van der Waals surface area contributed by atoms with Crippen LogP contribution >= 0.6 is 0 Å². The molecule has 0 radical (unpaired) electrons. The van der Waals surface area contributed by atoms with E-state index in [9.17, 15) is 14.4 Å². The highest BCUT2D eigenvalue weighted by molar-refractivity contribution is 5.89. The highest BCUT2D eigenvalue weighted by atomic mass is 16.7. The molecule has 0 unspecified atom stereocenters. The zero-order valence-electron chi connectivity index (χ0n) is 22.1. The largest absolute Gasteiger partial charge is 0.514 e. The Morgan fingerprint density at radius 3 is 2.30 bits per heavy atom. The summed E-state index contributed by atoms with van der Waals surface area (Å²) in [6, 6.07) is 9.93. The molecule has 198 valence electrons. The summed E-state index contributed by atoms with van der Waals surface area (Å²) >= 11 is 0. The van der Waals surface area contributed by atoms with Gasteiger partial charge in [0.25, 0.3) is 0 Å². The number of nitrogens with two attached hydrogens (primary N) is 1. The van der Waals surface area contributed by atoms with Crippen molar-refractivity contribution in [2.45, 2.75) is 65.7 Å². The van der Waals surface area contributed by atoms with E-state index in [0.717, 1.165) is 11.1 Å². The Labute approximate surface area is 215 Å². The highest BCUT2D eigenvalue weighted by Crippen LogP contribution is 2.28. The van der Waals surface area contributed by atoms with E-state index < -0.39 is 23.5 Å². The van der Waals surface area contributed by atoms with Gasteiger partial charge in [-0.25, -0.2) is 14.6 Å².